The third-order valence-electron chi connectivity index (χ3n) is 5.05. The minimum absolute atomic E-state index is 0.388. The van der Waals surface area contributed by atoms with Gasteiger partial charge in [-0.15, -0.1) is 0 Å². The molecule has 4 heteroatoms. The number of nitrogens with one attached hydrogen (secondary N) is 1. The van der Waals surface area contributed by atoms with Gasteiger partial charge in [-0.3, -0.25) is 4.90 Å². The molecule has 2 aliphatic heterocycles. The second kappa shape index (κ2) is 6.67. The minimum Gasteiger partial charge on any atom is -0.370 e. The van der Waals surface area contributed by atoms with Crippen LogP contribution in [-0.4, -0.2) is 44.2 Å². The number of nitrogens with zero attached hydrogens (tertiary/aromatic N) is 2. The van der Waals surface area contributed by atoms with Crippen LogP contribution in [0.4, 0.5) is 5.69 Å². The van der Waals surface area contributed by atoms with Gasteiger partial charge in [-0.2, -0.15) is 0 Å². The van der Waals surface area contributed by atoms with E-state index in [1.54, 1.807) is 0 Å². The molecule has 0 bridgehead atoms. The Morgan fingerprint density at radius 3 is 2.71 bits per heavy atom. The molecule has 3 rings (SSSR count). The highest BCUT2D eigenvalue weighted by Crippen LogP contribution is 2.33. The second-order valence-electron chi connectivity index (χ2n) is 6.35. The van der Waals surface area contributed by atoms with Gasteiger partial charge in [0.15, 0.2) is 0 Å². The number of anilines is 1. The third kappa shape index (κ3) is 3.27. The summed E-state index contributed by atoms with van der Waals surface area (Å²) in [5.41, 5.74) is 2.80. The van der Waals surface area contributed by atoms with Crippen LogP contribution in [-0.2, 0) is 0 Å². The topological polar surface area (TPSA) is 18.5 Å². The lowest BCUT2D eigenvalue weighted by Crippen LogP contribution is -2.35. The summed E-state index contributed by atoms with van der Waals surface area (Å²) in [4.78, 5) is 5.27. The van der Waals surface area contributed by atoms with Crippen molar-refractivity contribution in [1.29, 1.82) is 0 Å². The van der Waals surface area contributed by atoms with Crippen LogP contribution in [0.1, 0.15) is 37.8 Å². The highest BCUT2D eigenvalue weighted by atomic mass is 79.9. The monoisotopic (exact) mass is 351 g/mol. The lowest BCUT2D eigenvalue weighted by Gasteiger charge is -2.27. The summed E-state index contributed by atoms with van der Waals surface area (Å²) in [5.74, 6) is 0. The maximum absolute atomic E-state index is 3.64. The minimum atomic E-state index is 0.388. The number of benzene rings is 1. The molecular weight excluding hydrogens is 326 g/mol. The first-order valence-electron chi connectivity index (χ1n) is 8.14. The summed E-state index contributed by atoms with van der Waals surface area (Å²) in [6, 6.07) is 7.84. The van der Waals surface area contributed by atoms with Gasteiger partial charge in [-0.25, -0.2) is 0 Å². The molecule has 3 nitrogen and oxygen atoms in total. The SMILES string of the molecule is CNC(C)c1ccc(Br)cc1N1CCC(N2CCCC2)C1. The first-order chi connectivity index (χ1) is 10.2. The van der Waals surface area contributed by atoms with E-state index in [4.69, 9.17) is 0 Å². The Kier molecular flexibility index (Phi) is 4.87. The molecular formula is C17H26BrN3. The molecule has 0 spiro atoms. The number of hydrogen-bond acceptors (Lipinski definition) is 3. The predicted octanol–water partition coefficient (Wildman–Crippen LogP) is 3.40. The molecule has 0 radical (unpaired) electrons. The van der Waals surface area contributed by atoms with Crippen molar-refractivity contribution >= 4 is 21.6 Å². The molecule has 2 fully saturated rings. The molecule has 2 heterocycles. The Balaban J connectivity index is 1.78. The zero-order chi connectivity index (χ0) is 14.8. The molecule has 1 N–H and O–H groups in total. The van der Waals surface area contributed by atoms with Crippen molar-refractivity contribution in [3.05, 3.63) is 28.2 Å². The van der Waals surface area contributed by atoms with E-state index in [9.17, 15) is 0 Å². The van der Waals surface area contributed by atoms with Crippen molar-refractivity contribution < 1.29 is 0 Å². The number of likely N-dealkylation sites (tertiary alicyclic amines) is 1. The van der Waals surface area contributed by atoms with Crippen molar-refractivity contribution in [2.45, 2.75) is 38.3 Å². The first kappa shape index (κ1) is 15.3. The zero-order valence-electron chi connectivity index (χ0n) is 13.1. The Morgan fingerprint density at radius 2 is 2.00 bits per heavy atom. The normalized spacial score (nSPS) is 24.7. The number of halogens is 1. The van der Waals surface area contributed by atoms with Crippen LogP contribution in [0.3, 0.4) is 0 Å². The van der Waals surface area contributed by atoms with Gasteiger partial charge in [-0.1, -0.05) is 22.0 Å². The Morgan fingerprint density at radius 1 is 1.24 bits per heavy atom. The molecule has 21 heavy (non-hydrogen) atoms. The maximum Gasteiger partial charge on any atom is 0.0426 e. The van der Waals surface area contributed by atoms with Gasteiger partial charge < -0.3 is 10.2 Å². The molecule has 2 aliphatic rings. The van der Waals surface area contributed by atoms with Crippen LogP contribution in [0.2, 0.25) is 0 Å². The quantitative estimate of drug-likeness (QED) is 0.896. The smallest absolute Gasteiger partial charge is 0.0426 e. The van der Waals surface area contributed by atoms with Gasteiger partial charge >= 0.3 is 0 Å². The molecule has 2 atom stereocenters. The maximum atomic E-state index is 3.64. The van der Waals surface area contributed by atoms with Crippen LogP contribution in [0.25, 0.3) is 0 Å². The van der Waals surface area contributed by atoms with E-state index in [2.05, 4.69) is 56.2 Å². The molecule has 2 saturated heterocycles. The van der Waals surface area contributed by atoms with Crippen LogP contribution >= 0.6 is 15.9 Å². The van der Waals surface area contributed by atoms with Crippen LogP contribution in [0.5, 0.6) is 0 Å². The Bertz CT molecular complexity index is 485. The fourth-order valence-electron chi connectivity index (χ4n) is 3.68. The average molecular weight is 352 g/mol. The Labute approximate surface area is 136 Å². The number of rotatable bonds is 4. The van der Waals surface area contributed by atoms with Crippen LogP contribution < -0.4 is 10.2 Å². The highest BCUT2D eigenvalue weighted by Gasteiger charge is 2.30. The van der Waals surface area contributed by atoms with Gasteiger partial charge in [0.2, 0.25) is 0 Å². The van der Waals surface area contributed by atoms with E-state index >= 15 is 0 Å². The van der Waals surface area contributed by atoms with Crippen molar-refractivity contribution in [3.8, 4) is 0 Å². The van der Waals surface area contributed by atoms with Gasteiger partial charge in [0.1, 0.15) is 0 Å². The summed E-state index contributed by atoms with van der Waals surface area (Å²) in [6.07, 6.45) is 4.07. The van der Waals surface area contributed by atoms with Gasteiger partial charge in [0.25, 0.3) is 0 Å². The standard InChI is InChI=1S/C17H26BrN3/c1-13(19-2)16-6-5-14(18)11-17(16)21-10-7-15(12-21)20-8-3-4-9-20/h5-6,11,13,15,19H,3-4,7-10,12H2,1-2H3. The lowest BCUT2D eigenvalue weighted by atomic mass is 10.1. The molecule has 116 valence electrons. The van der Waals surface area contributed by atoms with Gasteiger partial charge in [0.05, 0.1) is 0 Å². The molecule has 0 aliphatic carbocycles. The Hall–Kier alpha value is -0.580. The summed E-state index contributed by atoms with van der Waals surface area (Å²) >= 11 is 3.64. The van der Waals surface area contributed by atoms with Crippen molar-refractivity contribution in [3.63, 3.8) is 0 Å². The second-order valence-corrected chi connectivity index (χ2v) is 7.26. The average Bonchev–Trinajstić information content (AvgIpc) is 3.17. The van der Waals surface area contributed by atoms with E-state index < -0.39 is 0 Å². The summed E-state index contributed by atoms with van der Waals surface area (Å²) < 4.78 is 1.18. The van der Waals surface area contributed by atoms with E-state index in [-0.39, 0.29) is 0 Å². The third-order valence-corrected chi connectivity index (χ3v) is 5.55. The summed E-state index contributed by atoms with van der Waals surface area (Å²) in [7, 11) is 2.04. The highest BCUT2D eigenvalue weighted by molar-refractivity contribution is 9.10. The van der Waals surface area contributed by atoms with E-state index in [1.807, 2.05) is 7.05 Å². The van der Waals surface area contributed by atoms with Crippen molar-refractivity contribution in [2.75, 3.05) is 38.1 Å². The van der Waals surface area contributed by atoms with Gasteiger partial charge in [-0.05, 0) is 64.0 Å². The molecule has 0 saturated carbocycles. The molecule has 1 aromatic rings. The van der Waals surface area contributed by atoms with E-state index in [1.165, 1.54) is 61.2 Å². The van der Waals surface area contributed by atoms with Crippen molar-refractivity contribution in [2.24, 2.45) is 0 Å². The van der Waals surface area contributed by atoms with Gasteiger partial charge in [0, 0.05) is 35.3 Å². The van der Waals surface area contributed by atoms with Crippen LogP contribution in [0, 0.1) is 0 Å². The molecule has 0 amide bonds. The van der Waals surface area contributed by atoms with E-state index in [0.717, 1.165) is 6.04 Å². The summed E-state index contributed by atoms with van der Waals surface area (Å²) in [6.45, 7) is 7.20. The first-order valence-corrected chi connectivity index (χ1v) is 8.94. The predicted molar refractivity (Wildman–Crippen MR) is 93.0 cm³/mol. The lowest BCUT2D eigenvalue weighted by molar-refractivity contribution is 0.260. The molecule has 2 unspecified atom stereocenters. The van der Waals surface area contributed by atoms with Crippen LogP contribution in [0.15, 0.2) is 22.7 Å². The fourth-order valence-corrected chi connectivity index (χ4v) is 4.03. The zero-order valence-corrected chi connectivity index (χ0v) is 14.7. The molecule has 1 aromatic carbocycles. The largest absolute Gasteiger partial charge is 0.370 e. The fraction of sp³-hybridized carbons (Fsp3) is 0.647. The summed E-state index contributed by atoms with van der Waals surface area (Å²) in [5, 5.41) is 3.38. The number of hydrogen-bond donors (Lipinski definition) is 1. The van der Waals surface area contributed by atoms with Crippen molar-refractivity contribution in [1.82, 2.24) is 10.2 Å². The van der Waals surface area contributed by atoms with E-state index in [0.29, 0.717) is 6.04 Å². The molecule has 0 aromatic heterocycles.